The first-order valence-electron chi connectivity index (χ1n) is 9.35. The predicted molar refractivity (Wildman–Crippen MR) is 108 cm³/mol. The second-order valence-electron chi connectivity index (χ2n) is 6.73. The summed E-state index contributed by atoms with van der Waals surface area (Å²) in [4.78, 5) is 14.8. The number of amides is 1. The van der Waals surface area contributed by atoms with E-state index in [0.717, 1.165) is 35.9 Å². The summed E-state index contributed by atoms with van der Waals surface area (Å²) in [5.74, 6) is 0.789. The number of anilines is 2. The summed E-state index contributed by atoms with van der Waals surface area (Å²) in [5, 5.41) is 11.7. The first-order valence-corrected chi connectivity index (χ1v) is 9.35. The Hall–Kier alpha value is -3.21. The van der Waals surface area contributed by atoms with Crippen LogP contribution in [0.25, 0.3) is 11.3 Å². The van der Waals surface area contributed by atoms with Crippen LogP contribution in [0.2, 0.25) is 0 Å². The Balaban J connectivity index is 1.51. The fourth-order valence-electron chi connectivity index (χ4n) is 3.32. The lowest BCUT2D eigenvalue weighted by molar-refractivity contribution is 0.102. The van der Waals surface area contributed by atoms with Gasteiger partial charge in [0.15, 0.2) is 5.82 Å². The van der Waals surface area contributed by atoms with Crippen molar-refractivity contribution in [2.45, 2.75) is 19.3 Å². The number of carbonyl (C=O) groups excluding carboxylic acids is 1. The zero-order chi connectivity index (χ0) is 18.5. The minimum absolute atomic E-state index is 0.138. The number of nitrogens with zero attached hydrogens (tertiary/aromatic N) is 3. The maximum absolute atomic E-state index is 12.5. The minimum Gasteiger partial charge on any atom is -0.355 e. The third kappa shape index (κ3) is 4.14. The average molecular weight is 358 g/mol. The third-order valence-corrected chi connectivity index (χ3v) is 4.78. The molecule has 1 aromatic heterocycles. The molecule has 4 rings (SSSR count). The van der Waals surface area contributed by atoms with E-state index in [2.05, 4.69) is 20.4 Å². The number of hydrogen-bond donors (Lipinski definition) is 1. The maximum atomic E-state index is 12.5. The Labute approximate surface area is 159 Å². The summed E-state index contributed by atoms with van der Waals surface area (Å²) in [6.45, 7) is 2.09. The highest BCUT2D eigenvalue weighted by Crippen LogP contribution is 2.22. The molecule has 1 saturated heterocycles. The van der Waals surface area contributed by atoms with Crippen LogP contribution in [0.1, 0.15) is 29.6 Å². The van der Waals surface area contributed by atoms with Crippen molar-refractivity contribution < 1.29 is 4.79 Å². The highest BCUT2D eigenvalue weighted by Gasteiger charge is 2.13. The van der Waals surface area contributed by atoms with E-state index >= 15 is 0 Å². The number of aromatic nitrogens is 2. The van der Waals surface area contributed by atoms with E-state index in [9.17, 15) is 4.79 Å². The van der Waals surface area contributed by atoms with E-state index in [1.807, 2.05) is 60.7 Å². The van der Waals surface area contributed by atoms with E-state index in [1.165, 1.54) is 19.3 Å². The molecule has 3 aromatic rings. The van der Waals surface area contributed by atoms with Gasteiger partial charge in [-0.05, 0) is 55.7 Å². The molecule has 5 heteroatoms. The highest BCUT2D eigenvalue weighted by molar-refractivity contribution is 6.04. The van der Waals surface area contributed by atoms with Gasteiger partial charge in [0, 0.05) is 29.9 Å². The van der Waals surface area contributed by atoms with Gasteiger partial charge in [0.05, 0.1) is 5.69 Å². The molecular weight excluding hydrogens is 336 g/mol. The lowest BCUT2D eigenvalue weighted by atomic mass is 10.1. The van der Waals surface area contributed by atoms with Gasteiger partial charge in [-0.1, -0.05) is 30.3 Å². The predicted octanol–water partition coefficient (Wildman–Crippen LogP) is 4.39. The summed E-state index contributed by atoms with van der Waals surface area (Å²) >= 11 is 0. The van der Waals surface area contributed by atoms with E-state index in [0.29, 0.717) is 5.56 Å². The van der Waals surface area contributed by atoms with Crippen LogP contribution in [-0.2, 0) is 0 Å². The average Bonchev–Trinajstić information content (AvgIpc) is 2.75. The Morgan fingerprint density at radius 2 is 1.67 bits per heavy atom. The van der Waals surface area contributed by atoms with Crippen LogP contribution >= 0.6 is 0 Å². The lowest BCUT2D eigenvalue weighted by Crippen LogP contribution is -2.30. The number of para-hydroxylation sites is 1. The van der Waals surface area contributed by atoms with Crippen molar-refractivity contribution in [2.75, 3.05) is 23.3 Å². The summed E-state index contributed by atoms with van der Waals surface area (Å²) in [6.07, 6.45) is 3.71. The zero-order valence-electron chi connectivity index (χ0n) is 15.1. The Kier molecular flexibility index (Phi) is 5.10. The summed E-state index contributed by atoms with van der Waals surface area (Å²) < 4.78 is 0. The molecule has 2 aromatic carbocycles. The number of carbonyl (C=O) groups is 1. The summed E-state index contributed by atoms with van der Waals surface area (Å²) in [6, 6.07) is 20.9. The Morgan fingerprint density at radius 3 is 2.41 bits per heavy atom. The van der Waals surface area contributed by atoms with Gasteiger partial charge in [-0.3, -0.25) is 4.79 Å². The standard InChI is InChI=1S/C22H22N4O/c27-22(23-19-10-3-1-4-11-19)18-9-7-8-17(16-18)20-12-13-21(25-24-20)26-14-5-2-6-15-26/h1,3-4,7-13,16H,2,5-6,14-15H2,(H,23,27). The second-order valence-corrected chi connectivity index (χ2v) is 6.73. The van der Waals surface area contributed by atoms with E-state index in [1.54, 1.807) is 6.07 Å². The lowest BCUT2D eigenvalue weighted by Gasteiger charge is -2.27. The molecule has 0 atom stereocenters. The van der Waals surface area contributed by atoms with Crippen molar-refractivity contribution in [1.82, 2.24) is 10.2 Å². The smallest absolute Gasteiger partial charge is 0.255 e. The van der Waals surface area contributed by atoms with Crippen LogP contribution in [0.5, 0.6) is 0 Å². The molecule has 0 spiro atoms. The molecular formula is C22H22N4O. The quantitative estimate of drug-likeness (QED) is 0.752. The molecule has 0 saturated carbocycles. The van der Waals surface area contributed by atoms with Crippen molar-refractivity contribution in [1.29, 1.82) is 0 Å². The van der Waals surface area contributed by atoms with Crippen LogP contribution in [-0.4, -0.2) is 29.2 Å². The first-order chi connectivity index (χ1) is 13.3. The minimum atomic E-state index is -0.138. The SMILES string of the molecule is O=C(Nc1ccccc1)c1cccc(-c2ccc(N3CCCCC3)nn2)c1. The zero-order valence-corrected chi connectivity index (χ0v) is 15.1. The molecule has 1 aliphatic rings. The van der Waals surface area contributed by atoms with Crippen molar-refractivity contribution in [3.8, 4) is 11.3 Å². The molecule has 1 N–H and O–H groups in total. The van der Waals surface area contributed by atoms with Crippen LogP contribution < -0.4 is 10.2 Å². The fraction of sp³-hybridized carbons (Fsp3) is 0.227. The molecule has 136 valence electrons. The molecule has 5 nitrogen and oxygen atoms in total. The van der Waals surface area contributed by atoms with Gasteiger partial charge >= 0.3 is 0 Å². The topological polar surface area (TPSA) is 58.1 Å². The van der Waals surface area contributed by atoms with Crippen LogP contribution in [0.4, 0.5) is 11.5 Å². The van der Waals surface area contributed by atoms with Gasteiger partial charge in [-0.2, -0.15) is 0 Å². The second kappa shape index (κ2) is 7.99. The van der Waals surface area contributed by atoms with Gasteiger partial charge in [0.1, 0.15) is 0 Å². The molecule has 1 aliphatic heterocycles. The van der Waals surface area contributed by atoms with Gasteiger partial charge in [-0.15, -0.1) is 10.2 Å². The van der Waals surface area contributed by atoms with Crippen molar-refractivity contribution in [2.24, 2.45) is 0 Å². The molecule has 0 unspecified atom stereocenters. The number of piperidine rings is 1. The number of benzene rings is 2. The van der Waals surface area contributed by atoms with Gasteiger partial charge in [0.2, 0.25) is 0 Å². The van der Waals surface area contributed by atoms with Crippen LogP contribution in [0, 0.1) is 0 Å². The van der Waals surface area contributed by atoms with E-state index < -0.39 is 0 Å². The molecule has 0 bridgehead atoms. The number of hydrogen-bond acceptors (Lipinski definition) is 4. The number of rotatable bonds is 4. The number of nitrogens with one attached hydrogen (secondary N) is 1. The van der Waals surface area contributed by atoms with E-state index in [4.69, 9.17) is 0 Å². The monoisotopic (exact) mass is 358 g/mol. The van der Waals surface area contributed by atoms with Crippen molar-refractivity contribution in [3.63, 3.8) is 0 Å². The third-order valence-electron chi connectivity index (χ3n) is 4.78. The molecule has 1 amide bonds. The van der Waals surface area contributed by atoms with Gasteiger partial charge in [-0.25, -0.2) is 0 Å². The summed E-state index contributed by atoms with van der Waals surface area (Å²) in [7, 11) is 0. The Bertz CT molecular complexity index is 903. The normalized spacial score (nSPS) is 14.0. The molecule has 0 radical (unpaired) electrons. The maximum Gasteiger partial charge on any atom is 0.255 e. The summed E-state index contributed by atoms with van der Waals surface area (Å²) in [5.41, 5.74) is 3.02. The fourth-order valence-corrected chi connectivity index (χ4v) is 3.32. The Morgan fingerprint density at radius 1 is 0.852 bits per heavy atom. The van der Waals surface area contributed by atoms with Crippen molar-refractivity contribution in [3.05, 3.63) is 72.3 Å². The first kappa shape index (κ1) is 17.2. The van der Waals surface area contributed by atoms with E-state index in [-0.39, 0.29) is 5.91 Å². The molecule has 2 heterocycles. The largest absolute Gasteiger partial charge is 0.355 e. The molecule has 27 heavy (non-hydrogen) atoms. The molecule has 1 fully saturated rings. The molecule has 0 aliphatic carbocycles. The van der Waals surface area contributed by atoms with Crippen LogP contribution in [0.15, 0.2) is 66.7 Å². The van der Waals surface area contributed by atoms with Crippen LogP contribution in [0.3, 0.4) is 0 Å². The van der Waals surface area contributed by atoms with Gasteiger partial charge in [0.25, 0.3) is 5.91 Å². The van der Waals surface area contributed by atoms with Gasteiger partial charge < -0.3 is 10.2 Å². The highest BCUT2D eigenvalue weighted by atomic mass is 16.1. The van der Waals surface area contributed by atoms with Crippen molar-refractivity contribution >= 4 is 17.4 Å².